The first kappa shape index (κ1) is 14.7. The van der Waals surface area contributed by atoms with Gasteiger partial charge in [0, 0.05) is 11.8 Å². The Balaban J connectivity index is 2.13. The number of benzene rings is 1. The highest BCUT2D eigenvalue weighted by Crippen LogP contribution is 2.20. The van der Waals surface area contributed by atoms with Crippen LogP contribution in [0.3, 0.4) is 0 Å². The minimum Gasteiger partial charge on any atom is -0.398 e. The molecule has 4 N–H and O–H groups in total. The minimum absolute atomic E-state index is 0.111. The molecule has 2 unspecified atom stereocenters. The van der Waals surface area contributed by atoms with E-state index in [1.165, 1.54) is 0 Å². The predicted molar refractivity (Wildman–Crippen MR) is 71.1 cm³/mol. The topological polar surface area (TPSA) is 75.4 Å². The number of rotatable bonds is 2. The number of carbonyl (C=O) groups is 1. The zero-order valence-corrected chi connectivity index (χ0v) is 11.0. The number of hydrogen-bond acceptors (Lipinski definition) is 3. The summed E-state index contributed by atoms with van der Waals surface area (Å²) in [5, 5.41) is 12.6. The normalized spacial score (nSPS) is 23.1. The molecule has 1 aromatic rings. The van der Waals surface area contributed by atoms with Gasteiger partial charge in [0.2, 0.25) is 0 Å². The van der Waals surface area contributed by atoms with Crippen LogP contribution in [0.5, 0.6) is 0 Å². The molecule has 0 saturated heterocycles. The Hall–Kier alpha value is -1.69. The van der Waals surface area contributed by atoms with Crippen LogP contribution < -0.4 is 11.1 Å². The molecule has 1 amide bonds. The molecule has 1 fully saturated rings. The molecule has 0 heterocycles. The van der Waals surface area contributed by atoms with E-state index in [1.54, 1.807) is 0 Å². The van der Waals surface area contributed by atoms with Crippen molar-refractivity contribution in [3.63, 3.8) is 0 Å². The van der Waals surface area contributed by atoms with Gasteiger partial charge in [-0.2, -0.15) is 0 Å². The molecule has 0 bridgehead atoms. The lowest BCUT2D eigenvalue weighted by molar-refractivity contribution is 0.0819. The second kappa shape index (κ2) is 6.17. The first-order valence-electron chi connectivity index (χ1n) is 6.72. The lowest BCUT2D eigenvalue weighted by atomic mass is 10.0. The fraction of sp³-hybridized carbons (Fsp3) is 0.500. The smallest absolute Gasteiger partial charge is 0.253 e. The Labute approximate surface area is 116 Å². The van der Waals surface area contributed by atoms with E-state index in [0.717, 1.165) is 31.4 Å². The standard InChI is InChI=1S/C14H18F2N2O2/c15-9-6-8(11(17)7-10(9)16)14(20)18-12-4-2-1-3-5-13(12)19/h6-7,12-13,19H,1-5,17H2,(H,18,20). The van der Waals surface area contributed by atoms with E-state index in [0.29, 0.717) is 12.8 Å². The van der Waals surface area contributed by atoms with Gasteiger partial charge < -0.3 is 16.2 Å². The van der Waals surface area contributed by atoms with Crippen LogP contribution in [0.1, 0.15) is 42.5 Å². The highest BCUT2D eigenvalue weighted by Gasteiger charge is 2.24. The first-order valence-corrected chi connectivity index (χ1v) is 6.72. The predicted octanol–water partition coefficient (Wildman–Crippen LogP) is 1.97. The fourth-order valence-corrected chi connectivity index (χ4v) is 2.46. The molecule has 110 valence electrons. The zero-order valence-electron chi connectivity index (χ0n) is 11.0. The van der Waals surface area contributed by atoms with E-state index in [2.05, 4.69) is 5.32 Å². The van der Waals surface area contributed by atoms with E-state index in [1.807, 2.05) is 0 Å². The van der Waals surface area contributed by atoms with Gasteiger partial charge in [0.25, 0.3) is 5.91 Å². The van der Waals surface area contributed by atoms with Crippen molar-refractivity contribution in [2.75, 3.05) is 5.73 Å². The van der Waals surface area contributed by atoms with Crippen LogP contribution in [-0.4, -0.2) is 23.2 Å². The Bertz CT molecular complexity index is 508. The van der Waals surface area contributed by atoms with Crippen LogP contribution in [0.2, 0.25) is 0 Å². The summed E-state index contributed by atoms with van der Waals surface area (Å²) in [6.45, 7) is 0. The molecular weight excluding hydrogens is 266 g/mol. The van der Waals surface area contributed by atoms with Gasteiger partial charge in [0.15, 0.2) is 11.6 Å². The molecule has 0 spiro atoms. The van der Waals surface area contributed by atoms with Crippen LogP contribution in [0.15, 0.2) is 12.1 Å². The second-order valence-electron chi connectivity index (χ2n) is 5.14. The number of hydrogen-bond donors (Lipinski definition) is 3. The minimum atomic E-state index is -1.12. The largest absolute Gasteiger partial charge is 0.398 e. The SMILES string of the molecule is Nc1cc(F)c(F)cc1C(=O)NC1CCCCCC1O. The van der Waals surface area contributed by atoms with Crippen LogP contribution in [0.25, 0.3) is 0 Å². The summed E-state index contributed by atoms with van der Waals surface area (Å²) in [6, 6.07) is 1.19. The van der Waals surface area contributed by atoms with Gasteiger partial charge in [-0.05, 0) is 18.9 Å². The van der Waals surface area contributed by atoms with E-state index < -0.39 is 23.6 Å². The number of anilines is 1. The molecule has 6 heteroatoms. The number of nitrogen functional groups attached to an aromatic ring is 1. The Morgan fingerprint density at radius 2 is 1.85 bits per heavy atom. The monoisotopic (exact) mass is 284 g/mol. The van der Waals surface area contributed by atoms with Gasteiger partial charge in [-0.25, -0.2) is 8.78 Å². The number of aliphatic hydroxyl groups excluding tert-OH is 1. The average molecular weight is 284 g/mol. The molecule has 0 aromatic heterocycles. The third kappa shape index (κ3) is 3.25. The third-order valence-corrected chi connectivity index (χ3v) is 3.63. The summed E-state index contributed by atoms with van der Waals surface area (Å²) in [5.74, 6) is -2.80. The molecule has 1 aromatic carbocycles. The quantitative estimate of drug-likeness (QED) is 0.574. The van der Waals surface area contributed by atoms with E-state index >= 15 is 0 Å². The van der Waals surface area contributed by atoms with Crippen molar-refractivity contribution in [2.45, 2.75) is 44.2 Å². The van der Waals surface area contributed by atoms with Gasteiger partial charge in [-0.15, -0.1) is 0 Å². The van der Waals surface area contributed by atoms with Gasteiger partial charge in [-0.1, -0.05) is 19.3 Å². The van der Waals surface area contributed by atoms with E-state index in [9.17, 15) is 18.7 Å². The summed E-state index contributed by atoms with van der Waals surface area (Å²) in [7, 11) is 0. The van der Waals surface area contributed by atoms with Crippen molar-refractivity contribution < 1.29 is 18.7 Å². The maximum Gasteiger partial charge on any atom is 0.253 e. The highest BCUT2D eigenvalue weighted by atomic mass is 19.2. The number of aliphatic hydroxyl groups is 1. The van der Waals surface area contributed by atoms with Gasteiger partial charge in [0.05, 0.1) is 17.7 Å². The molecule has 4 nitrogen and oxygen atoms in total. The summed E-state index contributed by atoms with van der Waals surface area (Å²) >= 11 is 0. The maximum absolute atomic E-state index is 13.2. The van der Waals surface area contributed by atoms with Crippen molar-refractivity contribution in [3.8, 4) is 0 Å². The average Bonchev–Trinajstić information content (AvgIpc) is 2.59. The van der Waals surface area contributed by atoms with Crippen molar-refractivity contribution in [1.82, 2.24) is 5.32 Å². The number of carbonyl (C=O) groups excluding carboxylic acids is 1. The molecular formula is C14H18F2N2O2. The fourth-order valence-electron chi connectivity index (χ4n) is 2.46. The molecule has 0 radical (unpaired) electrons. The van der Waals surface area contributed by atoms with E-state index in [4.69, 9.17) is 5.73 Å². The van der Waals surface area contributed by atoms with Gasteiger partial charge in [-0.3, -0.25) is 4.79 Å². The van der Waals surface area contributed by atoms with Crippen molar-refractivity contribution in [2.24, 2.45) is 0 Å². The molecule has 1 saturated carbocycles. The third-order valence-electron chi connectivity index (χ3n) is 3.63. The van der Waals surface area contributed by atoms with Gasteiger partial charge in [0.1, 0.15) is 0 Å². The molecule has 1 aliphatic carbocycles. The molecule has 2 rings (SSSR count). The summed E-state index contributed by atoms with van der Waals surface area (Å²) in [4.78, 5) is 12.1. The molecule has 0 aliphatic heterocycles. The molecule has 2 atom stereocenters. The highest BCUT2D eigenvalue weighted by molar-refractivity contribution is 5.99. The Morgan fingerprint density at radius 3 is 2.60 bits per heavy atom. The number of halogens is 2. The summed E-state index contributed by atoms with van der Waals surface area (Å²) < 4.78 is 26.2. The number of nitrogens with two attached hydrogens (primary N) is 1. The van der Waals surface area contributed by atoms with Crippen LogP contribution in [0.4, 0.5) is 14.5 Å². The number of nitrogens with one attached hydrogen (secondary N) is 1. The number of amides is 1. The van der Waals surface area contributed by atoms with Crippen LogP contribution >= 0.6 is 0 Å². The van der Waals surface area contributed by atoms with Crippen LogP contribution in [-0.2, 0) is 0 Å². The molecule has 1 aliphatic rings. The van der Waals surface area contributed by atoms with Crippen molar-refractivity contribution in [3.05, 3.63) is 29.3 Å². The Morgan fingerprint density at radius 1 is 1.20 bits per heavy atom. The van der Waals surface area contributed by atoms with Gasteiger partial charge >= 0.3 is 0 Å². The van der Waals surface area contributed by atoms with E-state index in [-0.39, 0.29) is 17.3 Å². The zero-order chi connectivity index (χ0) is 14.7. The first-order chi connectivity index (χ1) is 9.49. The Kier molecular flexibility index (Phi) is 4.54. The van der Waals surface area contributed by atoms with Crippen LogP contribution in [0, 0.1) is 11.6 Å². The van der Waals surface area contributed by atoms with Crippen molar-refractivity contribution >= 4 is 11.6 Å². The lowest BCUT2D eigenvalue weighted by Crippen LogP contribution is -2.42. The maximum atomic E-state index is 13.2. The lowest BCUT2D eigenvalue weighted by Gasteiger charge is -2.22. The molecule has 20 heavy (non-hydrogen) atoms. The van der Waals surface area contributed by atoms with Crippen molar-refractivity contribution in [1.29, 1.82) is 0 Å². The second-order valence-corrected chi connectivity index (χ2v) is 5.14. The summed E-state index contributed by atoms with van der Waals surface area (Å²) in [5.41, 5.74) is 5.30. The summed E-state index contributed by atoms with van der Waals surface area (Å²) in [6.07, 6.45) is 3.51.